The molecule has 1 unspecified atom stereocenters. The number of aromatic nitrogens is 1. The fourth-order valence-corrected chi connectivity index (χ4v) is 2.80. The molecule has 20 heavy (non-hydrogen) atoms. The molecule has 0 N–H and O–H groups in total. The lowest BCUT2D eigenvalue weighted by Crippen LogP contribution is -2.29. The van der Waals surface area contributed by atoms with Crippen molar-refractivity contribution in [1.29, 1.82) is 5.26 Å². The largest absolute Gasteiger partial charge is 0.376 e. The van der Waals surface area contributed by atoms with Gasteiger partial charge in [-0.3, -0.25) is 4.98 Å². The zero-order valence-corrected chi connectivity index (χ0v) is 11.5. The number of para-hydroxylation sites is 1. The molecule has 2 aromatic rings. The predicted octanol–water partition coefficient (Wildman–Crippen LogP) is 2.72. The van der Waals surface area contributed by atoms with Crippen LogP contribution in [0.15, 0.2) is 30.5 Å². The van der Waals surface area contributed by atoms with E-state index in [0.717, 1.165) is 42.6 Å². The number of hydrogen-bond donors (Lipinski definition) is 0. The van der Waals surface area contributed by atoms with E-state index < -0.39 is 0 Å². The molecule has 1 aliphatic heterocycles. The second kappa shape index (κ2) is 5.48. The van der Waals surface area contributed by atoms with Gasteiger partial charge in [-0.1, -0.05) is 18.2 Å². The summed E-state index contributed by atoms with van der Waals surface area (Å²) in [6.45, 7) is 1.66. The highest BCUT2D eigenvalue weighted by Gasteiger charge is 2.20. The molecule has 0 spiro atoms. The number of hydrogen-bond acceptors (Lipinski definition) is 4. The Hall–Kier alpha value is -2.12. The Morgan fingerprint density at radius 3 is 3.05 bits per heavy atom. The van der Waals surface area contributed by atoms with Gasteiger partial charge in [-0.15, -0.1) is 0 Å². The zero-order chi connectivity index (χ0) is 13.9. The van der Waals surface area contributed by atoms with E-state index in [-0.39, 0.29) is 6.10 Å². The van der Waals surface area contributed by atoms with E-state index in [1.54, 1.807) is 6.20 Å². The number of likely N-dealkylation sites (N-methyl/N-ethyl adjacent to an activating group) is 1. The molecule has 1 aromatic heterocycles. The van der Waals surface area contributed by atoms with Gasteiger partial charge in [0, 0.05) is 31.8 Å². The number of benzene rings is 1. The van der Waals surface area contributed by atoms with Gasteiger partial charge < -0.3 is 9.64 Å². The van der Waals surface area contributed by atoms with Gasteiger partial charge in [0.1, 0.15) is 6.07 Å². The normalized spacial score (nSPS) is 18.1. The summed E-state index contributed by atoms with van der Waals surface area (Å²) in [6.07, 6.45) is 4.14. The van der Waals surface area contributed by atoms with Gasteiger partial charge in [0.25, 0.3) is 0 Å². The maximum Gasteiger partial charge on any atom is 0.103 e. The average Bonchev–Trinajstić information content (AvgIpc) is 2.98. The van der Waals surface area contributed by atoms with E-state index in [1.165, 1.54) is 0 Å². The topological polar surface area (TPSA) is 49.1 Å². The summed E-state index contributed by atoms with van der Waals surface area (Å²) in [5.41, 5.74) is 2.48. The summed E-state index contributed by atoms with van der Waals surface area (Å²) in [5.74, 6) is 0. The van der Waals surface area contributed by atoms with Gasteiger partial charge in [-0.05, 0) is 18.9 Å². The minimum atomic E-state index is 0.262. The van der Waals surface area contributed by atoms with E-state index in [1.807, 2.05) is 31.3 Å². The first-order valence-electron chi connectivity index (χ1n) is 6.90. The van der Waals surface area contributed by atoms with Crippen LogP contribution in [0.4, 0.5) is 5.69 Å². The molecule has 3 rings (SSSR count). The van der Waals surface area contributed by atoms with Gasteiger partial charge in [0.2, 0.25) is 0 Å². The average molecular weight is 267 g/mol. The van der Waals surface area contributed by atoms with Crippen LogP contribution in [0.1, 0.15) is 18.4 Å². The molecule has 2 heterocycles. The summed E-state index contributed by atoms with van der Waals surface area (Å²) in [7, 11) is 2.02. The molecule has 4 heteroatoms. The Labute approximate surface area is 118 Å². The number of ether oxygens (including phenoxy) is 1. The molecule has 4 nitrogen and oxygen atoms in total. The molecule has 1 aliphatic rings. The Kier molecular flexibility index (Phi) is 3.53. The highest BCUT2D eigenvalue weighted by molar-refractivity contribution is 5.94. The monoisotopic (exact) mass is 267 g/mol. The molecule has 1 aromatic carbocycles. The Morgan fingerprint density at radius 2 is 2.30 bits per heavy atom. The Bertz CT molecular complexity index is 656. The summed E-state index contributed by atoms with van der Waals surface area (Å²) < 4.78 is 5.69. The molecular weight excluding hydrogens is 250 g/mol. The van der Waals surface area contributed by atoms with Crippen molar-refractivity contribution >= 4 is 16.6 Å². The van der Waals surface area contributed by atoms with E-state index in [4.69, 9.17) is 4.74 Å². The van der Waals surface area contributed by atoms with Gasteiger partial charge in [0.15, 0.2) is 0 Å². The number of rotatable bonds is 3. The minimum Gasteiger partial charge on any atom is -0.376 e. The van der Waals surface area contributed by atoms with Crippen molar-refractivity contribution in [3.8, 4) is 6.07 Å². The summed E-state index contributed by atoms with van der Waals surface area (Å²) in [5, 5.41) is 10.4. The van der Waals surface area contributed by atoms with Crippen molar-refractivity contribution in [1.82, 2.24) is 4.98 Å². The third-order valence-corrected chi connectivity index (χ3v) is 3.75. The standard InChI is InChI=1S/C16H17N3O/c1-19(11-13-5-4-8-20-13)16-12(9-17)10-18-15-7-3-2-6-14(15)16/h2-3,6-7,10,13H,4-5,8,11H2,1H3. The number of nitrogens with zero attached hydrogens (tertiary/aromatic N) is 3. The van der Waals surface area contributed by atoms with Crippen molar-refractivity contribution < 1.29 is 4.74 Å². The number of anilines is 1. The summed E-state index contributed by atoms with van der Waals surface area (Å²) >= 11 is 0. The summed E-state index contributed by atoms with van der Waals surface area (Å²) in [6, 6.07) is 10.2. The first-order valence-corrected chi connectivity index (χ1v) is 6.90. The van der Waals surface area contributed by atoms with Crippen molar-refractivity contribution in [2.24, 2.45) is 0 Å². The lowest BCUT2D eigenvalue weighted by Gasteiger charge is -2.24. The first-order chi connectivity index (χ1) is 9.79. The van der Waals surface area contributed by atoms with Crippen molar-refractivity contribution in [3.63, 3.8) is 0 Å². The van der Waals surface area contributed by atoms with Gasteiger partial charge in [0.05, 0.1) is 22.9 Å². The van der Waals surface area contributed by atoms with Crippen molar-refractivity contribution in [2.75, 3.05) is 25.1 Å². The van der Waals surface area contributed by atoms with Crippen LogP contribution in [0.3, 0.4) is 0 Å². The first kappa shape index (κ1) is 12.9. The maximum atomic E-state index is 9.34. The highest BCUT2D eigenvalue weighted by Crippen LogP contribution is 2.29. The quantitative estimate of drug-likeness (QED) is 0.858. The van der Waals surface area contributed by atoms with Crippen LogP contribution in [0.25, 0.3) is 10.9 Å². The Morgan fingerprint density at radius 1 is 1.45 bits per heavy atom. The summed E-state index contributed by atoms with van der Waals surface area (Å²) in [4.78, 5) is 6.47. The van der Waals surface area contributed by atoms with Crippen LogP contribution in [-0.2, 0) is 4.74 Å². The number of nitriles is 1. The van der Waals surface area contributed by atoms with Crippen LogP contribution < -0.4 is 4.90 Å². The highest BCUT2D eigenvalue weighted by atomic mass is 16.5. The molecule has 0 saturated carbocycles. The van der Waals surface area contributed by atoms with Gasteiger partial charge in [-0.2, -0.15) is 5.26 Å². The molecule has 102 valence electrons. The second-order valence-electron chi connectivity index (χ2n) is 5.16. The molecule has 0 amide bonds. The third-order valence-electron chi connectivity index (χ3n) is 3.75. The fourth-order valence-electron chi connectivity index (χ4n) is 2.80. The predicted molar refractivity (Wildman–Crippen MR) is 78.7 cm³/mol. The maximum absolute atomic E-state index is 9.34. The lowest BCUT2D eigenvalue weighted by molar-refractivity contribution is 0.116. The molecule has 0 bridgehead atoms. The SMILES string of the molecule is CN(CC1CCCO1)c1c(C#N)cnc2ccccc12. The van der Waals surface area contributed by atoms with Crippen LogP contribution in [-0.4, -0.2) is 31.3 Å². The molecule has 1 saturated heterocycles. The van der Waals surface area contributed by atoms with E-state index in [0.29, 0.717) is 5.56 Å². The Balaban J connectivity index is 2.01. The molecule has 0 radical (unpaired) electrons. The number of fused-ring (bicyclic) bond motifs is 1. The van der Waals surface area contributed by atoms with Crippen molar-refractivity contribution in [3.05, 3.63) is 36.0 Å². The van der Waals surface area contributed by atoms with Crippen LogP contribution in [0, 0.1) is 11.3 Å². The second-order valence-corrected chi connectivity index (χ2v) is 5.16. The van der Waals surface area contributed by atoms with E-state index in [9.17, 15) is 5.26 Å². The molecule has 1 atom stereocenters. The van der Waals surface area contributed by atoms with E-state index in [2.05, 4.69) is 16.0 Å². The van der Waals surface area contributed by atoms with Gasteiger partial charge in [-0.25, -0.2) is 0 Å². The molecule has 1 fully saturated rings. The van der Waals surface area contributed by atoms with Crippen molar-refractivity contribution in [2.45, 2.75) is 18.9 Å². The fraction of sp³-hybridized carbons (Fsp3) is 0.375. The smallest absolute Gasteiger partial charge is 0.103 e. The van der Waals surface area contributed by atoms with Crippen LogP contribution >= 0.6 is 0 Å². The minimum absolute atomic E-state index is 0.262. The van der Waals surface area contributed by atoms with E-state index >= 15 is 0 Å². The lowest BCUT2D eigenvalue weighted by atomic mass is 10.1. The molecular formula is C16H17N3O. The third kappa shape index (κ3) is 2.33. The number of pyridine rings is 1. The van der Waals surface area contributed by atoms with Crippen LogP contribution in [0.2, 0.25) is 0 Å². The molecule has 0 aliphatic carbocycles. The van der Waals surface area contributed by atoms with Crippen LogP contribution in [0.5, 0.6) is 0 Å². The van der Waals surface area contributed by atoms with Gasteiger partial charge >= 0.3 is 0 Å². The zero-order valence-electron chi connectivity index (χ0n) is 11.5.